The minimum atomic E-state index is -0.812. The minimum Gasteiger partial charge on any atom is -0.421 e. The molecular weight excluding hydrogens is 220 g/mol. The Balaban J connectivity index is 3.24. The molecule has 1 aromatic carbocycles. The predicted molar refractivity (Wildman–Crippen MR) is 65.0 cm³/mol. The van der Waals surface area contributed by atoms with Gasteiger partial charge in [0.25, 0.3) is 5.56 Å². The van der Waals surface area contributed by atoms with E-state index in [0.717, 1.165) is 22.3 Å². The molecule has 2 aromatic rings. The molecule has 1 aromatic heterocycles. The van der Waals surface area contributed by atoms with E-state index in [1.807, 2.05) is 27.7 Å². The molecule has 0 saturated heterocycles. The number of benzene rings is 1. The maximum Gasteiger partial charge on any atom is 0.362 e. The average molecular weight is 234 g/mol. The summed E-state index contributed by atoms with van der Waals surface area (Å²) in [6, 6.07) is 0. The summed E-state index contributed by atoms with van der Waals surface area (Å²) in [5.74, 6) is 0. The molecule has 0 atom stereocenters. The quantitative estimate of drug-likeness (QED) is 0.672. The van der Waals surface area contributed by atoms with Crippen LogP contribution in [0.1, 0.15) is 22.3 Å². The van der Waals surface area contributed by atoms with Crippen molar-refractivity contribution in [2.45, 2.75) is 27.7 Å². The molecule has 5 nitrogen and oxygen atoms in total. The van der Waals surface area contributed by atoms with Gasteiger partial charge in [0.1, 0.15) is 0 Å². The summed E-state index contributed by atoms with van der Waals surface area (Å²) in [4.78, 5) is 25.8. The molecule has 0 aliphatic carbocycles. The Morgan fingerprint density at radius 3 is 2.06 bits per heavy atom. The third kappa shape index (κ3) is 1.39. The van der Waals surface area contributed by atoms with E-state index in [1.54, 1.807) is 0 Å². The zero-order chi connectivity index (χ0) is 12.9. The van der Waals surface area contributed by atoms with Crippen LogP contribution in [0.5, 0.6) is 0 Å². The van der Waals surface area contributed by atoms with Gasteiger partial charge >= 0.3 is 5.69 Å². The van der Waals surface area contributed by atoms with Gasteiger partial charge in [0.05, 0.1) is 10.9 Å². The van der Waals surface area contributed by atoms with Crippen LogP contribution in [0.3, 0.4) is 0 Å². The third-order valence-corrected chi connectivity index (χ3v) is 3.52. The van der Waals surface area contributed by atoms with Crippen LogP contribution in [0.4, 0.5) is 0 Å². The van der Waals surface area contributed by atoms with Gasteiger partial charge in [-0.2, -0.15) is 0 Å². The van der Waals surface area contributed by atoms with Crippen LogP contribution in [-0.2, 0) is 0 Å². The molecule has 0 spiro atoms. The fourth-order valence-electron chi connectivity index (χ4n) is 2.09. The van der Waals surface area contributed by atoms with Gasteiger partial charge in [0, 0.05) is 0 Å². The molecule has 0 saturated carbocycles. The first-order valence-corrected chi connectivity index (χ1v) is 5.31. The normalized spacial score (nSPS) is 11.1. The molecule has 0 bridgehead atoms. The lowest BCUT2D eigenvalue weighted by Crippen LogP contribution is -2.34. The number of rotatable bonds is 0. The Labute approximate surface area is 97.3 Å². The molecular formula is C12H14N2O3. The standard InChI is InChI=1S/C12H14N2O3/c1-5-6(2)8(4)10-9(7(5)3)11(15)14(17)12(16)13-10/h17H,1-4H3,(H,13,16). The van der Waals surface area contributed by atoms with Crippen molar-refractivity contribution < 1.29 is 5.21 Å². The number of aryl methyl sites for hydroxylation is 2. The molecule has 0 aliphatic heterocycles. The lowest BCUT2D eigenvalue weighted by Gasteiger charge is -2.13. The highest BCUT2D eigenvalue weighted by atomic mass is 16.5. The van der Waals surface area contributed by atoms with Crippen LogP contribution in [0.15, 0.2) is 9.59 Å². The maximum atomic E-state index is 11.9. The second-order valence-electron chi connectivity index (χ2n) is 4.30. The summed E-state index contributed by atoms with van der Waals surface area (Å²) in [6.07, 6.45) is 0. The van der Waals surface area contributed by atoms with Crippen LogP contribution in [-0.4, -0.2) is 14.9 Å². The second-order valence-corrected chi connectivity index (χ2v) is 4.30. The van der Waals surface area contributed by atoms with Crippen LogP contribution >= 0.6 is 0 Å². The van der Waals surface area contributed by atoms with Crippen molar-refractivity contribution in [2.24, 2.45) is 0 Å². The van der Waals surface area contributed by atoms with Crippen molar-refractivity contribution >= 4 is 10.9 Å². The molecule has 5 heteroatoms. The third-order valence-electron chi connectivity index (χ3n) is 3.52. The Morgan fingerprint density at radius 1 is 0.941 bits per heavy atom. The van der Waals surface area contributed by atoms with Crippen molar-refractivity contribution in [1.29, 1.82) is 0 Å². The van der Waals surface area contributed by atoms with E-state index in [0.29, 0.717) is 10.9 Å². The lowest BCUT2D eigenvalue weighted by atomic mass is 9.95. The molecule has 2 N–H and O–H groups in total. The number of nitrogens with one attached hydrogen (secondary N) is 1. The molecule has 0 amide bonds. The number of nitrogens with zero attached hydrogens (tertiary/aromatic N) is 1. The van der Waals surface area contributed by atoms with Crippen molar-refractivity contribution in [2.75, 3.05) is 0 Å². The summed E-state index contributed by atoms with van der Waals surface area (Å²) in [5, 5.41) is 9.71. The van der Waals surface area contributed by atoms with Gasteiger partial charge < -0.3 is 10.2 Å². The zero-order valence-corrected chi connectivity index (χ0v) is 10.2. The Hall–Kier alpha value is -2.04. The second kappa shape index (κ2) is 3.48. The van der Waals surface area contributed by atoms with Crippen molar-refractivity contribution in [3.05, 3.63) is 43.1 Å². The smallest absolute Gasteiger partial charge is 0.362 e. The monoisotopic (exact) mass is 234 g/mol. The first-order chi connectivity index (χ1) is 7.86. The molecule has 0 aliphatic rings. The molecule has 0 radical (unpaired) electrons. The molecule has 0 fully saturated rings. The maximum absolute atomic E-state index is 11.9. The number of fused-ring (bicyclic) bond motifs is 1. The molecule has 90 valence electrons. The summed E-state index contributed by atoms with van der Waals surface area (Å²) in [7, 11) is 0. The first kappa shape index (κ1) is 11.4. The van der Waals surface area contributed by atoms with E-state index in [9.17, 15) is 14.8 Å². The number of H-pyrrole nitrogens is 1. The van der Waals surface area contributed by atoms with Gasteiger partial charge in [0.2, 0.25) is 0 Å². The molecule has 17 heavy (non-hydrogen) atoms. The van der Waals surface area contributed by atoms with Crippen LogP contribution in [0, 0.1) is 27.7 Å². The molecule has 1 heterocycles. The minimum absolute atomic E-state index is 0.115. The van der Waals surface area contributed by atoms with Crippen molar-refractivity contribution in [3.63, 3.8) is 0 Å². The van der Waals surface area contributed by atoms with Gasteiger partial charge in [-0.25, -0.2) is 4.79 Å². The first-order valence-electron chi connectivity index (χ1n) is 5.31. The largest absolute Gasteiger partial charge is 0.421 e. The Bertz CT molecular complexity index is 738. The van der Waals surface area contributed by atoms with E-state index in [2.05, 4.69) is 4.98 Å². The highest BCUT2D eigenvalue weighted by Gasteiger charge is 2.15. The number of aromatic amines is 1. The highest BCUT2D eigenvalue weighted by Crippen LogP contribution is 2.24. The topological polar surface area (TPSA) is 75.1 Å². The van der Waals surface area contributed by atoms with Crippen LogP contribution in [0.2, 0.25) is 0 Å². The van der Waals surface area contributed by atoms with Gasteiger partial charge in [-0.05, 0) is 49.9 Å². The lowest BCUT2D eigenvalue weighted by molar-refractivity contribution is 0.162. The van der Waals surface area contributed by atoms with Gasteiger partial charge in [-0.3, -0.25) is 4.79 Å². The van der Waals surface area contributed by atoms with Crippen molar-refractivity contribution in [1.82, 2.24) is 9.71 Å². The predicted octanol–water partition coefficient (Wildman–Crippen LogP) is 1.16. The average Bonchev–Trinajstić information content (AvgIpc) is 2.30. The van der Waals surface area contributed by atoms with E-state index < -0.39 is 11.2 Å². The van der Waals surface area contributed by atoms with Gasteiger partial charge in [-0.15, -0.1) is 0 Å². The Kier molecular flexibility index (Phi) is 2.34. The number of hydrogen-bond donors (Lipinski definition) is 2. The number of aromatic nitrogens is 2. The van der Waals surface area contributed by atoms with Crippen LogP contribution < -0.4 is 11.2 Å². The molecule has 2 rings (SSSR count). The summed E-state index contributed by atoms with van der Waals surface area (Å²) < 4.78 is 0.115. The van der Waals surface area contributed by atoms with Gasteiger partial charge in [-0.1, -0.05) is 4.73 Å². The van der Waals surface area contributed by atoms with E-state index in [1.165, 1.54) is 0 Å². The van der Waals surface area contributed by atoms with E-state index in [4.69, 9.17) is 0 Å². The van der Waals surface area contributed by atoms with E-state index >= 15 is 0 Å². The summed E-state index contributed by atoms with van der Waals surface area (Å²) in [5.41, 5.74) is 2.71. The highest BCUT2D eigenvalue weighted by molar-refractivity contribution is 5.86. The number of hydrogen-bond acceptors (Lipinski definition) is 3. The summed E-state index contributed by atoms with van der Waals surface area (Å²) in [6.45, 7) is 7.52. The SMILES string of the molecule is Cc1c(C)c(C)c2c(=O)n(O)c(=O)[nH]c2c1C. The molecule has 0 unspecified atom stereocenters. The fourth-order valence-corrected chi connectivity index (χ4v) is 2.09. The van der Waals surface area contributed by atoms with E-state index in [-0.39, 0.29) is 4.73 Å². The Morgan fingerprint density at radius 2 is 1.47 bits per heavy atom. The summed E-state index contributed by atoms with van der Waals surface area (Å²) >= 11 is 0. The fraction of sp³-hybridized carbons (Fsp3) is 0.333. The van der Waals surface area contributed by atoms with Crippen molar-refractivity contribution in [3.8, 4) is 0 Å². The van der Waals surface area contributed by atoms with Crippen LogP contribution in [0.25, 0.3) is 10.9 Å². The zero-order valence-electron chi connectivity index (χ0n) is 10.2. The van der Waals surface area contributed by atoms with Gasteiger partial charge in [0.15, 0.2) is 0 Å².